The van der Waals surface area contributed by atoms with E-state index in [1.165, 1.54) is 0 Å². The van der Waals surface area contributed by atoms with Crippen LogP contribution in [0.3, 0.4) is 0 Å². The first-order valence-electron chi connectivity index (χ1n) is 6.05. The van der Waals surface area contributed by atoms with Crippen molar-refractivity contribution in [3.63, 3.8) is 0 Å². The highest BCUT2D eigenvalue weighted by atomic mass is 35.5. The van der Waals surface area contributed by atoms with Gasteiger partial charge in [-0.15, -0.1) is 0 Å². The van der Waals surface area contributed by atoms with Crippen molar-refractivity contribution in [2.24, 2.45) is 0 Å². The van der Waals surface area contributed by atoms with Gasteiger partial charge in [0.25, 0.3) is 0 Å². The van der Waals surface area contributed by atoms with Crippen LogP contribution in [0.5, 0.6) is 11.5 Å². The summed E-state index contributed by atoms with van der Waals surface area (Å²) in [5.74, 6) is 1.64. The summed E-state index contributed by atoms with van der Waals surface area (Å²) in [7, 11) is 0. The molecule has 0 saturated heterocycles. The van der Waals surface area contributed by atoms with E-state index >= 15 is 0 Å². The normalized spacial score (nSPS) is 12.9. The first kappa shape index (κ1) is 12.6. The van der Waals surface area contributed by atoms with Gasteiger partial charge in [-0.3, -0.25) is 0 Å². The van der Waals surface area contributed by atoms with Crippen molar-refractivity contribution in [3.8, 4) is 11.5 Å². The van der Waals surface area contributed by atoms with Gasteiger partial charge in [-0.25, -0.2) is 0 Å². The third-order valence-corrected chi connectivity index (χ3v) is 3.47. The van der Waals surface area contributed by atoms with Gasteiger partial charge in [0.2, 0.25) is 0 Å². The largest absolute Gasteiger partial charge is 0.493 e. The lowest BCUT2D eigenvalue weighted by atomic mass is 10.1. The Bertz CT molecular complexity index is 611. The SMILES string of the molecule is Clc1cccc(OCc2cc(Cl)cc3c2OCC3)c1. The van der Waals surface area contributed by atoms with E-state index in [1.54, 1.807) is 6.07 Å². The maximum atomic E-state index is 6.10. The Morgan fingerprint density at radius 1 is 1.11 bits per heavy atom. The van der Waals surface area contributed by atoms with Gasteiger partial charge in [0.05, 0.1) is 6.61 Å². The monoisotopic (exact) mass is 294 g/mol. The van der Waals surface area contributed by atoms with E-state index in [0.717, 1.165) is 29.0 Å². The van der Waals surface area contributed by atoms with Crippen molar-refractivity contribution in [1.82, 2.24) is 0 Å². The van der Waals surface area contributed by atoms with E-state index in [0.29, 0.717) is 23.3 Å². The second-order valence-electron chi connectivity index (χ2n) is 4.40. The summed E-state index contributed by atoms with van der Waals surface area (Å²) in [6, 6.07) is 11.2. The highest BCUT2D eigenvalue weighted by Gasteiger charge is 2.17. The van der Waals surface area contributed by atoms with Crippen LogP contribution in [0, 0.1) is 0 Å². The van der Waals surface area contributed by atoms with Crippen molar-refractivity contribution in [2.75, 3.05) is 6.61 Å². The minimum atomic E-state index is 0.420. The quantitative estimate of drug-likeness (QED) is 0.829. The smallest absolute Gasteiger partial charge is 0.129 e. The summed E-state index contributed by atoms with van der Waals surface area (Å²) in [5.41, 5.74) is 2.12. The first-order valence-corrected chi connectivity index (χ1v) is 6.80. The zero-order valence-corrected chi connectivity index (χ0v) is 11.7. The summed E-state index contributed by atoms with van der Waals surface area (Å²) < 4.78 is 11.4. The highest BCUT2D eigenvalue weighted by molar-refractivity contribution is 6.31. The summed E-state index contributed by atoms with van der Waals surface area (Å²) >= 11 is 12.0. The number of fused-ring (bicyclic) bond motifs is 1. The molecule has 2 nitrogen and oxygen atoms in total. The van der Waals surface area contributed by atoms with Crippen LogP contribution in [-0.2, 0) is 13.0 Å². The molecule has 0 amide bonds. The minimum absolute atomic E-state index is 0.420. The molecule has 0 radical (unpaired) electrons. The molecular formula is C15H12Cl2O2. The van der Waals surface area contributed by atoms with Gasteiger partial charge in [0.1, 0.15) is 18.1 Å². The predicted octanol–water partition coefficient (Wildman–Crippen LogP) is 4.51. The van der Waals surface area contributed by atoms with Crippen molar-refractivity contribution >= 4 is 23.2 Å². The van der Waals surface area contributed by atoms with Crippen LogP contribution in [0.25, 0.3) is 0 Å². The van der Waals surface area contributed by atoms with Crippen LogP contribution in [-0.4, -0.2) is 6.61 Å². The van der Waals surface area contributed by atoms with Crippen LogP contribution < -0.4 is 9.47 Å². The standard InChI is InChI=1S/C15H12Cl2O2/c16-12-2-1-3-14(8-12)19-9-11-7-13(17)6-10-4-5-18-15(10)11/h1-3,6-8H,4-5,9H2. The van der Waals surface area contributed by atoms with Gasteiger partial charge in [0.15, 0.2) is 0 Å². The average molecular weight is 295 g/mol. The molecule has 1 aliphatic rings. The summed E-state index contributed by atoms with van der Waals surface area (Å²) in [5, 5.41) is 1.37. The van der Waals surface area contributed by atoms with Crippen molar-refractivity contribution in [3.05, 3.63) is 57.6 Å². The van der Waals surface area contributed by atoms with E-state index in [1.807, 2.05) is 30.3 Å². The molecule has 98 valence electrons. The topological polar surface area (TPSA) is 18.5 Å². The van der Waals surface area contributed by atoms with Gasteiger partial charge in [-0.05, 0) is 35.9 Å². The molecule has 4 heteroatoms. The Kier molecular flexibility index (Phi) is 3.54. The molecule has 0 spiro atoms. The molecule has 19 heavy (non-hydrogen) atoms. The Morgan fingerprint density at radius 3 is 2.84 bits per heavy atom. The van der Waals surface area contributed by atoms with E-state index in [4.69, 9.17) is 32.7 Å². The number of ether oxygens (including phenoxy) is 2. The maximum Gasteiger partial charge on any atom is 0.129 e. The van der Waals surface area contributed by atoms with Crippen LogP contribution >= 0.6 is 23.2 Å². The molecule has 0 N–H and O–H groups in total. The summed E-state index contributed by atoms with van der Waals surface area (Å²) in [4.78, 5) is 0. The second kappa shape index (κ2) is 5.32. The first-order chi connectivity index (χ1) is 9.22. The van der Waals surface area contributed by atoms with E-state index in [-0.39, 0.29) is 0 Å². The summed E-state index contributed by atoms with van der Waals surface area (Å²) in [6.07, 6.45) is 0.903. The molecule has 0 atom stereocenters. The Morgan fingerprint density at radius 2 is 2.00 bits per heavy atom. The molecule has 1 aliphatic heterocycles. The maximum absolute atomic E-state index is 6.10. The molecule has 0 fully saturated rings. The molecule has 1 heterocycles. The molecule has 0 saturated carbocycles. The molecule has 3 rings (SSSR count). The zero-order chi connectivity index (χ0) is 13.2. The van der Waals surface area contributed by atoms with Crippen molar-refractivity contribution in [2.45, 2.75) is 13.0 Å². The van der Waals surface area contributed by atoms with Gasteiger partial charge in [-0.2, -0.15) is 0 Å². The van der Waals surface area contributed by atoms with Gasteiger partial charge >= 0.3 is 0 Å². The number of hydrogen-bond acceptors (Lipinski definition) is 2. The number of hydrogen-bond donors (Lipinski definition) is 0. The molecule has 0 aromatic heterocycles. The van der Waals surface area contributed by atoms with Crippen LogP contribution in [0.2, 0.25) is 10.0 Å². The molecule has 0 bridgehead atoms. The zero-order valence-electron chi connectivity index (χ0n) is 10.2. The van der Waals surface area contributed by atoms with E-state index in [9.17, 15) is 0 Å². The number of benzene rings is 2. The molecule has 0 aliphatic carbocycles. The van der Waals surface area contributed by atoms with Crippen molar-refractivity contribution < 1.29 is 9.47 Å². The predicted molar refractivity (Wildman–Crippen MR) is 76.4 cm³/mol. The van der Waals surface area contributed by atoms with Gasteiger partial charge < -0.3 is 9.47 Å². The molecule has 2 aromatic carbocycles. The lowest BCUT2D eigenvalue weighted by molar-refractivity contribution is 0.292. The second-order valence-corrected chi connectivity index (χ2v) is 5.27. The van der Waals surface area contributed by atoms with Crippen LogP contribution in [0.1, 0.15) is 11.1 Å². The van der Waals surface area contributed by atoms with Gasteiger partial charge in [0, 0.05) is 22.0 Å². The Hall–Kier alpha value is -1.38. The highest BCUT2D eigenvalue weighted by Crippen LogP contribution is 2.33. The lowest BCUT2D eigenvalue weighted by Crippen LogP contribution is -1.98. The van der Waals surface area contributed by atoms with Crippen LogP contribution in [0.4, 0.5) is 0 Å². The third kappa shape index (κ3) is 2.80. The fourth-order valence-electron chi connectivity index (χ4n) is 2.17. The molecular weight excluding hydrogens is 283 g/mol. The molecule has 0 unspecified atom stereocenters. The Labute approximate surface area is 121 Å². The Balaban J connectivity index is 1.81. The lowest BCUT2D eigenvalue weighted by Gasteiger charge is -2.11. The fourth-order valence-corrected chi connectivity index (χ4v) is 2.61. The van der Waals surface area contributed by atoms with Gasteiger partial charge in [-0.1, -0.05) is 29.3 Å². The van der Waals surface area contributed by atoms with Crippen molar-refractivity contribution in [1.29, 1.82) is 0 Å². The van der Waals surface area contributed by atoms with E-state index < -0.39 is 0 Å². The molecule has 2 aromatic rings. The summed E-state index contributed by atoms with van der Waals surface area (Å²) in [6.45, 7) is 1.13. The third-order valence-electron chi connectivity index (χ3n) is 3.02. The van der Waals surface area contributed by atoms with Crippen LogP contribution in [0.15, 0.2) is 36.4 Å². The minimum Gasteiger partial charge on any atom is -0.493 e. The average Bonchev–Trinajstić information content (AvgIpc) is 2.84. The van der Waals surface area contributed by atoms with E-state index in [2.05, 4.69) is 0 Å². The number of rotatable bonds is 3. The fraction of sp³-hybridized carbons (Fsp3) is 0.200. The number of halogens is 2.